The third-order valence-corrected chi connectivity index (χ3v) is 10.6. The van der Waals surface area contributed by atoms with Crippen LogP contribution in [-0.2, 0) is 31.6 Å². The lowest BCUT2D eigenvalue weighted by atomic mass is 9.48. The molecular weight excluding hydrogens is 553 g/mol. The highest BCUT2D eigenvalue weighted by molar-refractivity contribution is 7.92. The molecule has 2 amide bonds. The van der Waals surface area contributed by atoms with Crippen molar-refractivity contribution in [3.63, 3.8) is 0 Å². The maximum atomic E-state index is 14.6. The van der Waals surface area contributed by atoms with Gasteiger partial charge in [0.05, 0.1) is 11.9 Å². The Labute approximate surface area is 249 Å². The zero-order valence-electron chi connectivity index (χ0n) is 25.4. The fourth-order valence-corrected chi connectivity index (χ4v) is 8.78. The highest BCUT2D eigenvalue weighted by atomic mass is 32.2. The molecule has 7 nitrogen and oxygen atoms in total. The number of hydrogen-bond donors (Lipinski definition) is 1. The summed E-state index contributed by atoms with van der Waals surface area (Å²) in [5.74, 6) is 0.874. The lowest BCUT2D eigenvalue weighted by Gasteiger charge is -2.57. The molecule has 0 saturated heterocycles. The molecule has 0 unspecified atom stereocenters. The maximum absolute atomic E-state index is 14.6. The zero-order chi connectivity index (χ0) is 30.4. The minimum absolute atomic E-state index is 0.172. The Morgan fingerprint density at radius 2 is 1.52 bits per heavy atom. The molecule has 1 atom stereocenters. The number of carbonyl (C=O) groups is 2. The number of benzene rings is 2. The highest BCUT2D eigenvalue weighted by Crippen LogP contribution is 2.60. The SMILES string of the molecule is C[C@H](C(=O)NC(C)(C)C)N(Cc1ccccc1F)C(=O)CN(c1ccc(C23CC4CC(CC(C4)C2)C3)cc1)S(C)(=O)=O. The van der Waals surface area contributed by atoms with Crippen molar-refractivity contribution in [2.24, 2.45) is 17.8 Å². The summed E-state index contributed by atoms with van der Waals surface area (Å²) in [6.07, 6.45) is 8.71. The number of halogens is 1. The van der Waals surface area contributed by atoms with E-state index >= 15 is 0 Å². The topological polar surface area (TPSA) is 86.8 Å². The van der Waals surface area contributed by atoms with Gasteiger partial charge in [0.2, 0.25) is 21.8 Å². The van der Waals surface area contributed by atoms with Crippen LogP contribution in [0.25, 0.3) is 0 Å². The van der Waals surface area contributed by atoms with Crippen molar-refractivity contribution in [1.82, 2.24) is 10.2 Å². The third kappa shape index (κ3) is 6.51. The van der Waals surface area contributed by atoms with Crippen LogP contribution in [0, 0.1) is 23.6 Å². The first kappa shape index (κ1) is 30.5. The Morgan fingerprint density at radius 1 is 0.976 bits per heavy atom. The van der Waals surface area contributed by atoms with Crippen LogP contribution in [0.3, 0.4) is 0 Å². The van der Waals surface area contributed by atoms with Crippen LogP contribution >= 0.6 is 0 Å². The predicted molar refractivity (Wildman–Crippen MR) is 163 cm³/mol. The standard InChI is InChI=1S/C33H44FN3O4S/c1-22(31(39)35-32(2,3)4)36(20-26-8-6-7-9-29(26)34)30(38)21-37(42(5,40)41)28-12-10-27(11-13-28)33-17-23-14-24(18-33)16-25(15-23)19-33/h6-13,22-25H,14-21H2,1-5H3,(H,35,39)/t22-,23?,24?,25?,33?/m1/s1. The van der Waals surface area contributed by atoms with Crippen LogP contribution in [0.5, 0.6) is 0 Å². The number of amides is 2. The summed E-state index contributed by atoms with van der Waals surface area (Å²) in [4.78, 5) is 28.2. The molecule has 1 N–H and O–H groups in total. The molecule has 42 heavy (non-hydrogen) atoms. The average molecular weight is 598 g/mol. The van der Waals surface area contributed by atoms with E-state index in [-0.39, 0.29) is 17.5 Å². The summed E-state index contributed by atoms with van der Waals surface area (Å²) in [5, 5.41) is 2.87. The second-order valence-corrected chi connectivity index (χ2v) is 15.9. The van der Waals surface area contributed by atoms with Crippen molar-refractivity contribution < 1.29 is 22.4 Å². The predicted octanol–water partition coefficient (Wildman–Crippen LogP) is 5.39. The quantitative estimate of drug-likeness (QED) is 0.420. The molecule has 0 radical (unpaired) electrons. The second-order valence-electron chi connectivity index (χ2n) is 14.0. The monoisotopic (exact) mass is 597 g/mol. The Balaban J connectivity index is 1.40. The maximum Gasteiger partial charge on any atom is 0.244 e. The van der Waals surface area contributed by atoms with E-state index in [1.165, 1.54) is 55.1 Å². The van der Waals surface area contributed by atoms with Crippen LogP contribution in [0.1, 0.15) is 77.3 Å². The molecule has 228 valence electrons. The molecule has 4 bridgehead atoms. The van der Waals surface area contributed by atoms with Crippen molar-refractivity contribution in [3.05, 3.63) is 65.5 Å². The van der Waals surface area contributed by atoms with Crippen molar-refractivity contribution in [2.45, 2.75) is 89.8 Å². The van der Waals surface area contributed by atoms with Gasteiger partial charge in [0.25, 0.3) is 0 Å². The summed E-state index contributed by atoms with van der Waals surface area (Å²) in [7, 11) is -3.85. The van der Waals surface area contributed by atoms with Gasteiger partial charge in [-0.2, -0.15) is 0 Å². The molecule has 2 aromatic rings. The Kier molecular flexibility index (Phi) is 8.20. The lowest BCUT2D eigenvalue weighted by Crippen LogP contribution is -2.54. The number of carbonyl (C=O) groups excluding carboxylic acids is 2. The van der Waals surface area contributed by atoms with Crippen molar-refractivity contribution >= 4 is 27.5 Å². The number of hydrogen-bond acceptors (Lipinski definition) is 4. The van der Waals surface area contributed by atoms with Gasteiger partial charge in [-0.1, -0.05) is 30.3 Å². The molecule has 4 aliphatic carbocycles. The molecule has 2 aromatic carbocycles. The molecule has 0 heterocycles. The van der Waals surface area contributed by atoms with Gasteiger partial charge in [-0.3, -0.25) is 13.9 Å². The summed E-state index contributed by atoms with van der Waals surface area (Å²) in [6.45, 7) is 6.39. The van der Waals surface area contributed by atoms with Crippen LogP contribution in [0.15, 0.2) is 48.5 Å². The second kappa shape index (κ2) is 11.3. The first-order chi connectivity index (χ1) is 19.6. The Hall–Kier alpha value is -2.94. The van der Waals surface area contributed by atoms with Crippen LogP contribution in [0.2, 0.25) is 0 Å². The van der Waals surface area contributed by atoms with Gasteiger partial charge in [-0.15, -0.1) is 0 Å². The number of nitrogens with one attached hydrogen (secondary N) is 1. The highest BCUT2D eigenvalue weighted by Gasteiger charge is 2.51. The fourth-order valence-electron chi connectivity index (χ4n) is 7.93. The summed E-state index contributed by atoms with van der Waals surface area (Å²) < 4.78 is 41.7. The van der Waals surface area contributed by atoms with E-state index in [4.69, 9.17) is 0 Å². The molecule has 6 rings (SSSR count). The molecule has 0 spiro atoms. The van der Waals surface area contributed by atoms with Gasteiger partial charge in [0.15, 0.2) is 0 Å². The van der Waals surface area contributed by atoms with Crippen molar-refractivity contribution in [2.75, 3.05) is 17.1 Å². The fraction of sp³-hybridized carbons (Fsp3) is 0.576. The van der Waals surface area contributed by atoms with Gasteiger partial charge in [-0.05, 0) is 113 Å². The number of nitrogens with zero attached hydrogens (tertiary/aromatic N) is 2. The molecule has 0 aromatic heterocycles. The van der Waals surface area contributed by atoms with Gasteiger partial charge in [0.1, 0.15) is 18.4 Å². The van der Waals surface area contributed by atoms with E-state index < -0.39 is 45.8 Å². The molecule has 0 aliphatic heterocycles. The van der Waals surface area contributed by atoms with Gasteiger partial charge in [0, 0.05) is 17.6 Å². The minimum atomic E-state index is -3.85. The van der Waals surface area contributed by atoms with E-state index in [1.54, 1.807) is 37.3 Å². The summed E-state index contributed by atoms with van der Waals surface area (Å²) in [5.41, 5.74) is 1.53. The molecular formula is C33H44FN3O4S. The van der Waals surface area contributed by atoms with Crippen LogP contribution in [-0.4, -0.2) is 49.5 Å². The Morgan fingerprint density at radius 3 is 2.02 bits per heavy atom. The normalized spacial score (nSPS) is 25.6. The summed E-state index contributed by atoms with van der Waals surface area (Å²) in [6, 6.07) is 12.8. The molecule has 4 aliphatic rings. The van der Waals surface area contributed by atoms with E-state index in [2.05, 4.69) is 5.32 Å². The van der Waals surface area contributed by atoms with E-state index in [1.807, 2.05) is 32.9 Å². The first-order valence-electron chi connectivity index (χ1n) is 15.1. The molecule has 4 fully saturated rings. The molecule has 4 saturated carbocycles. The van der Waals surface area contributed by atoms with Gasteiger partial charge >= 0.3 is 0 Å². The largest absolute Gasteiger partial charge is 0.350 e. The van der Waals surface area contributed by atoms with E-state index in [0.29, 0.717) is 5.69 Å². The first-order valence-corrected chi connectivity index (χ1v) is 16.9. The van der Waals surface area contributed by atoms with Gasteiger partial charge in [-0.25, -0.2) is 12.8 Å². The third-order valence-electron chi connectivity index (χ3n) is 9.45. The average Bonchev–Trinajstić information content (AvgIpc) is 2.88. The van der Waals surface area contributed by atoms with Crippen molar-refractivity contribution in [3.8, 4) is 0 Å². The molecule has 9 heteroatoms. The van der Waals surface area contributed by atoms with Crippen LogP contribution in [0.4, 0.5) is 10.1 Å². The Bertz CT molecular complexity index is 1400. The number of rotatable bonds is 9. The number of anilines is 1. The van der Waals surface area contributed by atoms with Gasteiger partial charge < -0.3 is 10.2 Å². The lowest BCUT2D eigenvalue weighted by molar-refractivity contribution is -0.140. The zero-order valence-corrected chi connectivity index (χ0v) is 26.2. The van der Waals surface area contributed by atoms with E-state index in [0.717, 1.165) is 28.3 Å². The van der Waals surface area contributed by atoms with Crippen LogP contribution < -0.4 is 9.62 Å². The van der Waals surface area contributed by atoms with E-state index in [9.17, 15) is 22.4 Å². The van der Waals surface area contributed by atoms with Crippen molar-refractivity contribution in [1.29, 1.82) is 0 Å². The number of sulfonamides is 1. The smallest absolute Gasteiger partial charge is 0.244 e. The minimum Gasteiger partial charge on any atom is -0.350 e. The summed E-state index contributed by atoms with van der Waals surface area (Å²) >= 11 is 0.